The van der Waals surface area contributed by atoms with Crippen molar-refractivity contribution in [1.29, 1.82) is 0 Å². The zero-order chi connectivity index (χ0) is 16.1. The molecule has 116 valence electrons. The van der Waals surface area contributed by atoms with Crippen LogP contribution in [0.25, 0.3) is 0 Å². The third-order valence-corrected chi connectivity index (χ3v) is 3.99. The molecule has 0 saturated carbocycles. The van der Waals surface area contributed by atoms with E-state index in [9.17, 15) is 4.39 Å². The topological polar surface area (TPSA) is 12.0 Å². The summed E-state index contributed by atoms with van der Waals surface area (Å²) in [6.07, 6.45) is 1.97. The number of para-hydroxylation sites is 1. The average molecular weight is 305 g/mol. The van der Waals surface area contributed by atoms with Crippen LogP contribution in [0.3, 0.4) is 0 Å². The van der Waals surface area contributed by atoms with Gasteiger partial charge in [0.25, 0.3) is 0 Å². The third-order valence-electron chi connectivity index (χ3n) is 3.99. The Labute approximate surface area is 136 Å². The van der Waals surface area contributed by atoms with Crippen molar-refractivity contribution in [2.75, 3.05) is 5.32 Å². The van der Waals surface area contributed by atoms with Gasteiger partial charge in [-0.15, -0.1) is 0 Å². The van der Waals surface area contributed by atoms with Crippen LogP contribution in [0.2, 0.25) is 0 Å². The quantitative estimate of drug-likeness (QED) is 0.641. The van der Waals surface area contributed by atoms with Crippen molar-refractivity contribution < 1.29 is 4.39 Å². The molecule has 0 aromatic heterocycles. The molecule has 3 aromatic rings. The van der Waals surface area contributed by atoms with E-state index in [4.69, 9.17) is 0 Å². The fraction of sp³-hybridized carbons (Fsp3) is 0.143. The molecule has 0 saturated heterocycles. The van der Waals surface area contributed by atoms with E-state index in [1.165, 1.54) is 17.2 Å². The minimum atomic E-state index is -0.235. The molecule has 0 aliphatic rings. The summed E-state index contributed by atoms with van der Waals surface area (Å²) in [5.41, 5.74) is 5.16. The summed E-state index contributed by atoms with van der Waals surface area (Å²) in [5, 5.41) is 3.20. The Morgan fingerprint density at radius 3 is 2.22 bits per heavy atom. The van der Waals surface area contributed by atoms with E-state index in [0.717, 1.165) is 24.1 Å². The van der Waals surface area contributed by atoms with Crippen molar-refractivity contribution in [3.63, 3.8) is 0 Å². The molecule has 0 fully saturated rings. The molecule has 0 spiro atoms. The Morgan fingerprint density at radius 2 is 1.43 bits per heavy atom. The van der Waals surface area contributed by atoms with Crippen LogP contribution in [-0.2, 0) is 12.8 Å². The second-order valence-electron chi connectivity index (χ2n) is 5.74. The maximum Gasteiger partial charge on any atom is 0.146 e. The SMILES string of the molecule is Cc1ccc(CCc2ccccc2)cc1Nc1ccccc1F. The summed E-state index contributed by atoms with van der Waals surface area (Å²) in [5.74, 6) is -0.235. The lowest BCUT2D eigenvalue weighted by Gasteiger charge is -2.12. The predicted octanol–water partition coefficient (Wildman–Crippen LogP) is 5.66. The van der Waals surface area contributed by atoms with Crippen LogP contribution in [0.15, 0.2) is 72.8 Å². The van der Waals surface area contributed by atoms with Crippen molar-refractivity contribution in [2.24, 2.45) is 0 Å². The van der Waals surface area contributed by atoms with Gasteiger partial charge in [-0.1, -0.05) is 54.6 Å². The van der Waals surface area contributed by atoms with Gasteiger partial charge in [-0.3, -0.25) is 0 Å². The van der Waals surface area contributed by atoms with Crippen molar-refractivity contribution >= 4 is 11.4 Å². The van der Waals surface area contributed by atoms with Crippen LogP contribution in [0.1, 0.15) is 16.7 Å². The first kappa shape index (κ1) is 15.3. The summed E-state index contributed by atoms with van der Waals surface area (Å²) < 4.78 is 13.8. The first-order valence-corrected chi connectivity index (χ1v) is 7.87. The maximum absolute atomic E-state index is 13.8. The molecule has 23 heavy (non-hydrogen) atoms. The number of aryl methyl sites for hydroxylation is 3. The molecule has 3 aromatic carbocycles. The summed E-state index contributed by atoms with van der Waals surface area (Å²) in [7, 11) is 0. The van der Waals surface area contributed by atoms with E-state index < -0.39 is 0 Å². The van der Waals surface area contributed by atoms with E-state index in [0.29, 0.717) is 5.69 Å². The molecular weight excluding hydrogens is 285 g/mol. The first-order chi connectivity index (χ1) is 11.2. The zero-order valence-electron chi connectivity index (χ0n) is 13.2. The summed E-state index contributed by atoms with van der Waals surface area (Å²) in [4.78, 5) is 0. The Kier molecular flexibility index (Phi) is 4.72. The normalized spacial score (nSPS) is 10.5. The minimum Gasteiger partial charge on any atom is -0.353 e. The molecule has 0 bridgehead atoms. The molecule has 0 heterocycles. The molecule has 3 rings (SSSR count). The van der Waals surface area contributed by atoms with E-state index >= 15 is 0 Å². The molecule has 0 radical (unpaired) electrons. The second kappa shape index (κ2) is 7.10. The fourth-order valence-corrected chi connectivity index (χ4v) is 2.60. The Bertz CT molecular complexity index is 781. The molecule has 1 N–H and O–H groups in total. The lowest BCUT2D eigenvalue weighted by Crippen LogP contribution is -1.98. The second-order valence-corrected chi connectivity index (χ2v) is 5.74. The number of anilines is 2. The smallest absolute Gasteiger partial charge is 0.146 e. The van der Waals surface area contributed by atoms with Gasteiger partial charge in [0.05, 0.1) is 5.69 Å². The fourth-order valence-electron chi connectivity index (χ4n) is 2.60. The summed E-state index contributed by atoms with van der Waals surface area (Å²) in [6, 6.07) is 23.6. The van der Waals surface area contributed by atoms with Gasteiger partial charge in [0.15, 0.2) is 0 Å². The van der Waals surface area contributed by atoms with Gasteiger partial charge in [-0.05, 0) is 54.7 Å². The van der Waals surface area contributed by atoms with Crippen molar-refractivity contribution in [2.45, 2.75) is 19.8 Å². The number of nitrogens with one attached hydrogen (secondary N) is 1. The van der Waals surface area contributed by atoms with Gasteiger partial charge in [-0.25, -0.2) is 4.39 Å². The van der Waals surface area contributed by atoms with Gasteiger partial charge in [0, 0.05) is 5.69 Å². The lowest BCUT2D eigenvalue weighted by atomic mass is 10.0. The van der Waals surface area contributed by atoms with Crippen LogP contribution in [0.5, 0.6) is 0 Å². The van der Waals surface area contributed by atoms with Gasteiger partial charge in [-0.2, -0.15) is 0 Å². The Morgan fingerprint density at radius 1 is 0.739 bits per heavy atom. The molecule has 1 nitrogen and oxygen atoms in total. The zero-order valence-corrected chi connectivity index (χ0v) is 13.2. The largest absolute Gasteiger partial charge is 0.353 e. The van der Waals surface area contributed by atoms with Crippen LogP contribution in [-0.4, -0.2) is 0 Å². The van der Waals surface area contributed by atoms with E-state index in [1.54, 1.807) is 12.1 Å². The molecule has 0 aliphatic carbocycles. The minimum absolute atomic E-state index is 0.235. The molecule has 0 amide bonds. The van der Waals surface area contributed by atoms with E-state index in [2.05, 4.69) is 47.8 Å². The molecule has 0 atom stereocenters. The number of hydrogen-bond acceptors (Lipinski definition) is 1. The van der Waals surface area contributed by atoms with E-state index in [1.807, 2.05) is 19.1 Å². The monoisotopic (exact) mass is 305 g/mol. The van der Waals surface area contributed by atoms with Crippen LogP contribution in [0, 0.1) is 12.7 Å². The molecule has 0 aliphatic heterocycles. The van der Waals surface area contributed by atoms with Crippen molar-refractivity contribution in [3.05, 3.63) is 95.3 Å². The summed E-state index contributed by atoms with van der Waals surface area (Å²) >= 11 is 0. The number of benzene rings is 3. The molecular formula is C21H20FN. The van der Waals surface area contributed by atoms with Gasteiger partial charge in [0.2, 0.25) is 0 Å². The Hall–Kier alpha value is -2.61. The first-order valence-electron chi connectivity index (χ1n) is 7.87. The lowest BCUT2D eigenvalue weighted by molar-refractivity contribution is 0.632. The van der Waals surface area contributed by atoms with E-state index in [-0.39, 0.29) is 5.82 Å². The Balaban J connectivity index is 1.75. The van der Waals surface area contributed by atoms with Crippen molar-refractivity contribution in [1.82, 2.24) is 0 Å². The van der Waals surface area contributed by atoms with Gasteiger partial charge >= 0.3 is 0 Å². The van der Waals surface area contributed by atoms with Crippen molar-refractivity contribution in [3.8, 4) is 0 Å². The highest BCUT2D eigenvalue weighted by Crippen LogP contribution is 2.24. The van der Waals surface area contributed by atoms with Crippen LogP contribution in [0.4, 0.5) is 15.8 Å². The highest BCUT2D eigenvalue weighted by atomic mass is 19.1. The predicted molar refractivity (Wildman–Crippen MR) is 94.7 cm³/mol. The summed E-state index contributed by atoms with van der Waals surface area (Å²) in [6.45, 7) is 2.03. The number of halogens is 1. The maximum atomic E-state index is 13.8. The molecule has 2 heteroatoms. The van der Waals surface area contributed by atoms with Gasteiger partial charge in [0.1, 0.15) is 5.82 Å². The van der Waals surface area contributed by atoms with Crippen LogP contribution < -0.4 is 5.32 Å². The van der Waals surface area contributed by atoms with Crippen LogP contribution >= 0.6 is 0 Å². The number of hydrogen-bond donors (Lipinski definition) is 1. The third kappa shape index (κ3) is 3.98. The van der Waals surface area contributed by atoms with Gasteiger partial charge < -0.3 is 5.32 Å². The highest BCUT2D eigenvalue weighted by molar-refractivity contribution is 5.64. The highest BCUT2D eigenvalue weighted by Gasteiger charge is 2.05. The number of rotatable bonds is 5. The molecule has 0 unspecified atom stereocenters. The standard InChI is InChI=1S/C21H20FN/c1-16-11-12-18(14-13-17-7-3-2-4-8-17)15-21(16)23-20-10-6-5-9-19(20)22/h2-12,15,23H,13-14H2,1H3. The average Bonchev–Trinajstić information content (AvgIpc) is 2.58.